The Morgan fingerprint density at radius 1 is 1.34 bits per heavy atom. The standard InChI is InChI=1S/C17H26N6O3S2.HI/c1-3-18-17(19-6-4-16-20-12-14(2)27-16)22-7-9-23(10-8-22)28(24,25)13-15-5-11-26-21-15;/h5,11-12H,3-4,6-10,13H2,1-2H3,(H,18,19);1H. The van der Waals surface area contributed by atoms with Crippen molar-refractivity contribution in [1.29, 1.82) is 0 Å². The Labute approximate surface area is 192 Å². The average Bonchev–Trinajstić information content (AvgIpc) is 3.32. The van der Waals surface area contributed by atoms with Crippen molar-refractivity contribution in [2.24, 2.45) is 4.99 Å². The first-order chi connectivity index (χ1) is 13.5. The summed E-state index contributed by atoms with van der Waals surface area (Å²) in [5.74, 6) is 0.689. The maximum atomic E-state index is 12.6. The van der Waals surface area contributed by atoms with Crippen LogP contribution in [0.4, 0.5) is 0 Å². The highest BCUT2D eigenvalue weighted by Crippen LogP contribution is 2.14. The molecule has 2 aromatic rings. The van der Waals surface area contributed by atoms with Gasteiger partial charge in [-0.25, -0.2) is 13.4 Å². The molecule has 12 heteroatoms. The van der Waals surface area contributed by atoms with E-state index in [4.69, 9.17) is 9.52 Å². The molecule has 29 heavy (non-hydrogen) atoms. The number of nitrogens with one attached hydrogen (secondary N) is 1. The molecule has 0 atom stereocenters. The van der Waals surface area contributed by atoms with Crippen molar-refractivity contribution in [2.45, 2.75) is 26.0 Å². The predicted octanol–water partition coefficient (Wildman–Crippen LogP) is 1.71. The van der Waals surface area contributed by atoms with E-state index in [-0.39, 0.29) is 29.7 Å². The lowest BCUT2D eigenvalue weighted by Gasteiger charge is -2.35. The smallest absolute Gasteiger partial charge is 0.220 e. The number of guanidine groups is 1. The second-order valence-electron chi connectivity index (χ2n) is 6.48. The molecule has 0 aliphatic carbocycles. The van der Waals surface area contributed by atoms with Gasteiger partial charge in [-0.05, 0) is 13.8 Å². The predicted molar refractivity (Wildman–Crippen MR) is 124 cm³/mol. The van der Waals surface area contributed by atoms with Crippen LogP contribution in [0.1, 0.15) is 22.5 Å². The van der Waals surface area contributed by atoms with Crippen LogP contribution in [0.3, 0.4) is 0 Å². The van der Waals surface area contributed by atoms with Gasteiger partial charge in [-0.3, -0.25) is 4.99 Å². The van der Waals surface area contributed by atoms with Crippen molar-refractivity contribution >= 4 is 51.3 Å². The summed E-state index contributed by atoms with van der Waals surface area (Å²) in [4.78, 5) is 12.4. The quantitative estimate of drug-likeness (QED) is 0.316. The Morgan fingerprint density at radius 2 is 2.10 bits per heavy atom. The van der Waals surface area contributed by atoms with Crippen molar-refractivity contribution in [1.82, 2.24) is 24.7 Å². The van der Waals surface area contributed by atoms with Gasteiger partial charge in [0.05, 0.1) is 10.7 Å². The van der Waals surface area contributed by atoms with Crippen LogP contribution in [0.15, 0.2) is 28.0 Å². The Kier molecular flexibility index (Phi) is 9.30. The van der Waals surface area contributed by atoms with E-state index in [9.17, 15) is 8.42 Å². The van der Waals surface area contributed by atoms with Crippen molar-refractivity contribution in [3.05, 3.63) is 34.1 Å². The van der Waals surface area contributed by atoms with Crippen LogP contribution in [-0.4, -0.2) is 73.0 Å². The van der Waals surface area contributed by atoms with E-state index < -0.39 is 10.0 Å². The van der Waals surface area contributed by atoms with E-state index >= 15 is 0 Å². The molecule has 1 aliphatic heterocycles. The number of sulfonamides is 1. The second-order valence-corrected chi connectivity index (χ2v) is 9.77. The number of aryl methyl sites for hydroxylation is 1. The zero-order valence-electron chi connectivity index (χ0n) is 16.6. The monoisotopic (exact) mass is 554 g/mol. The molecule has 1 aliphatic rings. The molecule has 3 rings (SSSR count). The summed E-state index contributed by atoms with van der Waals surface area (Å²) in [6, 6.07) is 1.58. The maximum Gasteiger partial charge on any atom is 0.220 e. The molecule has 0 bridgehead atoms. The molecule has 1 saturated heterocycles. The zero-order valence-corrected chi connectivity index (χ0v) is 20.5. The molecule has 1 fully saturated rings. The van der Waals surface area contributed by atoms with Gasteiger partial charge in [-0.15, -0.1) is 35.3 Å². The van der Waals surface area contributed by atoms with Crippen LogP contribution in [0.25, 0.3) is 0 Å². The first-order valence-corrected chi connectivity index (χ1v) is 11.7. The highest BCUT2D eigenvalue weighted by Gasteiger charge is 2.28. The Bertz CT molecular complexity index is 877. The summed E-state index contributed by atoms with van der Waals surface area (Å²) in [7, 11) is -3.40. The van der Waals surface area contributed by atoms with Crippen LogP contribution in [-0.2, 0) is 22.2 Å². The molecule has 0 saturated carbocycles. The number of hydrogen-bond acceptors (Lipinski definition) is 7. The highest BCUT2D eigenvalue weighted by molar-refractivity contribution is 14.0. The van der Waals surface area contributed by atoms with Crippen LogP contribution >= 0.6 is 35.3 Å². The summed E-state index contributed by atoms with van der Waals surface area (Å²) in [5.41, 5.74) is 0.426. The van der Waals surface area contributed by atoms with Gasteiger partial charge in [0.15, 0.2) is 5.96 Å². The van der Waals surface area contributed by atoms with Crippen molar-refractivity contribution in [2.75, 3.05) is 39.3 Å². The molecule has 0 spiro atoms. The molecular weight excluding hydrogens is 527 g/mol. The summed E-state index contributed by atoms with van der Waals surface area (Å²) >= 11 is 1.69. The molecule has 0 aromatic carbocycles. The minimum atomic E-state index is -3.40. The third kappa shape index (κ3) is 6.89. The molecule has 0 amide bonds. The fourth-order valence-electron chi connectivity index (χ4n) is 2.97. The number of piperazine rings is 1. The number of rotatable bonds is 7. The van der Waals surface area contributed by atoms with Gasteiger partial charge in [0.25, 0.3) is 0 Å². The first kappa shape index (κ1) is 24.0. The van der Waals surface area contributed by atoms with Crippen LogP contribution in [0, 0.1) is 6.92 Å². The fourth-order valence-corrected chi connectivity index (χ4v) is 5.17. The number of nitrogens with zero attached hydrogens (tertiary/aromatic N) is 5. The third-order valence-electron chi connectivity index (χ3n) is 4.34. The average molecular weight is 554 g/mol. The number of halogens is 1. The maximum absolute atomic E-state index is 12.6. The minimum Gasteiger partial charge on any atom is -0.364 e. The molecular formula is C17H27IN6O3S2. The van der Waals surface area contributed by atoms with Gasteiger partial charge < -0.3 is 14.7 Å². The largest absolute Gasteiger partial charge is 0.364 e. The van der Waals surface area contributed by atoms with Crippen molar-refractivity contribution in [3.63, 3.8) is 0 Å². The minimum absolute atomic E-state index is 0. The lowest BCUT2D eigenvalue weighted by molar-refractivity contribution is 0.260. The first-order valence-electron chi connectivity index (χ1n) is 9.29. The SMILES string of the molecule is CCNC(=NCCc1ncc(C)s1)N1CCN(S(=O)(=O)Cc2ccon2)CC1.I. The van der Waals surface area contributed by atoms with Gasteiger partial charge in [-0.2, -0.15) is 4.31 Å². The number of aromatic nitrogens is 2. The zero-order chi connectivity index (χ0) is 20.0. The fraction of sp³-hybridized carbons (Fsp3) is 0.588. The summed E-state index contributed by atoms with van der Waals surface area (Å²) in [6.45, 7) is 7.54. The normalized spacial score (nSPS) is 15.9. The van der Waals surface area contributed by atoms with Crippen LogP contribution in [0.2, 0.25) is 0 Å². The topological polar surface area (TPSA) is 104 Å². The lowest BCUT2D eigenvalue weighted by atomic mass is 10.4. The molecule has 0 radical (unpaired) electrons. The molecule has 3 heterocycles. The van der Waals surface area contributed by atoms with Crippen molar-refractivity contribution in [3.8, 4) is 0 Å². The third-order valence-corrected chi connectivity index (χ3v) is 7.13. The van der Waals surface area contributed by atoms with Crippen LogP contribution in [0.5, 0.6) is 0 Å². The highest BCUT2D eigenvalue weighted by atomic mass is 127. The number of thiazole rings is 1. The molecule has 162 valence electrons. The Balaban J connectivity index is 0.00000300. The van der Waals surface area contributed by atoms with Gasteiger partial charge in [0.2, 0.25) is 10.0 Å². The van der Waals surface area contributed by atoms with Crippen LogP contribution < -0.4 is 5.32 Å². The van der Waals surface area contributed by atoms with E-state index in [1.54, 1.807) is 17.4 Å². The van der Waals surface area contributed by atoms with E-state index in [0.29, 0.717) is 38.4 Å². The molecule has 9 nitrogen and oxygen atoms in total. The number of hydrogen-bond donors (Lipinski definition) is 1. The van der Waals surface area contributed by atoms with E-state index in [1.807, 2.05) is 20.0 Å². The molecule has 0 unspecified atom stereocenters. The molecule has 2 aromatic heterocycles. The summed E-state index contributed by atoms with van der Waals surface area (Å²) in [5, 5.41) is 8.09. The van der Waals surface area contributed by atoms with E-state index in [2.05, 4.69) is 20.4 Å². The van der Waals surface area contributed by atoms with Gasteiger partial charge in [0, 0.05) is 62.8 Å². The van der Waals surface area contributed by atoms with Gasteiger partial charge in [-0.1, -0.05) is 5.16 Å². The summed E-state index contributed by atoms with van der Waals surface area (Å²) in [6.07, 6.45) is 4.07. The second kappa shape index (κ2) is 11.2. The Morgan fingerprint density at radius 3 is 2.69 bits per heavy atom. The van der Waals surface area contributed by atoms with E-state index in [0.717, 1.165) is 23.9 Å². The summed E-state index contributed by atoms with van der Waals surface area (Å²) < 4.78 is 31.4. The number of aliphatic imine (C=N–C) groups is 1. The van der Waals surface area contributed by atoms with E-state index in [1.165, 1.54) is 15.4 Å². The van der Waals surface area contributed by atoms with Crippen molar-refractivity contribution < 1.29 is 12.9 Å². The van der Waals surface area contributed by atoms with Gasteiger partial charge >= 0.3 is 0 Å². The van der Waals surface area contributed by atoms with Gasteiger partial charge in [0.1, 0.15) is 12.0 Å². The Hall–Kier alpha value is -1.25. The molecule has 1 N–H and O–H groups in total. The lowest BCUT2D eigenvalue weighted by Crippen LogP contribution is -2.54.